The van der Waals surface area contributed by atoms with E-state index in [0.29, 0.717) is 5.56 Å². The molecule has 0 saturated carbocycles. The van der Waals surface area contributed by atoms with Crippen molar-refractivity contribution >= 4 is 49.6 Å². The molecule has 0 aromatic carbocycles. The number of hydrogen-bond donors (Lipinski definition) is 1. The molecule has 0 atom stereocenters. The quantitative estimate of drug-likeness (QED) is 0.844. The molecule has 0 radical (unpaired) electrons. The second kappa shape index (κ2) is 5.81. The average Bonchev–Trinajstić information content (AvgIpc) is 2.66. The smallest absolute Gasteiger partial charge is 0.264 e. The van der Waals surface area contributed by atoms with E-state index in [-0.39, 0.29) is 20.1 Å². The van der Waals surface area contributed by atoms with Crippen LogP contribution in [0.5, 0.6) is 0 Å². The van der Waals surface area contributed by atoms with Crippen molar-refractivity contribution in [3.8, 4) is 6.07 Å². The van der Waals surface area contributed by atoms with Crippen LogP contribution in [0.4, 0.5) is 5.00 Å². The Bertz CT molecular complexity index is 854. The number of nitrogens with one attached hydrogen (secondary N) is 1. The van der Waals surface area contributed by atoms with Gasteiger partial charge in [-0.15, -0.1) is 11.3 Å². The molecule has 2 heterocycles. The third-order valence-electron chi connectivity index (χ3n) is 2.81. The Morgan fingerprint density at radius 3 is 2.62 bits per heavy atom. The first-order valence-electron chi connectivity index (χ1n) is 5.60. The van der Waals surface area contributed by atoms with Crippen LogP contribution in [0, 0.1) is 25.2 Å². The van der Waals surface area contributed by atoms with E-state index in [2.05, 4.69) is 9.71 Å². The van der Waals surface area contributed by atoms with Gasteiger partial charge in [0, 0.05) is 11.1 Å². The molecule has 0 fully saturated rings. The van der Waals surface area contributed by atoms with Gasteiger partial charge in [0.2, 0.25) is 0 Å². The number of halogens is 2. The normalized spacial score (nSPS) is 11.2. The van der Waals surface area contributed by atoms with Gasteiger partial charge in [0.05, 0.1) is 10.6 Å². The Hall–Kier alpha value is -1.33. The minimum absolute atomic E-state index is 0.0242. The molecule has 0 spiro atoms. The van der Waals surface area contributed by atoms with Crippen LogP contribution < -0.4 is 4.72 Å². The fourth-order valence-corrected chi connectivity index (χ4v) is 4.19. The highest BCUT2D eigenvalue weighted by molar-refractivity contribution is 7.93. The van der Waals surface area contributed by atoms with Crippen molar-refractivity contribution in [2.45, 2.75) is 18.7 Å². The van der Waals surface area contributed by atoms with Crippen molar-refractivity contribution in [3.05, 3.63) is 38.4 Å². The minimum atomic E-state index is -3.88. The van der Waals surface area contributed by atoms with E-state index in [9.17, 15) is 8.42 Å². The summed E-state index contributed by atoms with van der Waals surface area (Å²) in [5, 5.41) is 9.47. The fourth-order valence-electron chi connectivity index (χ4n) is 1.57. The molecule has 0 amide bonds. The van der Waals surface area contributed by atoms with Gasteiger partial charge in [-0.25, -0.2) is 13.4 Å². The van der Waals surface area contributed by atoms with Gasteiger partial charge >= 0.3 is 0 Å². The second-order valence-corrected chi connectivity index (χ2v) is 7.82. The zero-order valence-electron chi connectivity index (χ0n) is 10.9. The van der Waals surface area contributed by atoms with Gasteiger partial charge in [0.1, 0.15) is 21.1 Å². The monoisotopic (exact) mass is 361 g/mol. The van der Waals surface area contributed by atoms with Crippen LogP contribution in [0.15, 0.2) is 17.2 Å². The van der Waals surface area contributed by atoms with Crippen molar-refractivity contribution in [2.24, 2.45) is 0 Å². The fraction of sp³-hybridized carbons (Fsp3) is 0.167. The summed E-state index contributed by atoms with van der Waals surface area (Å²) in [6, 6.07) is 3.21. The molecule has 1 N–H and O–H groups in total. The predicted molar refractivity (Wildman–Crippen MR) is 83.6 cm³/mol. The van der Waals surface area contributed by atoms with Crippen molar-refractivity contribution in [2.75, 3.05) is 4.72 Å². The maximum atomic E-state index is 12.3. The highest BCUT2D eigenvalue weighted by Crippen LogP contribution is 2.33. The number of hydrogen-bond acceptors (Lipinski definition) is 5. The molecule has 2 rings (SSSR count). The van der Waals surface area contributed by atoms with Crippen molar-refractivity contribution < 1.29 is 8.42 Å². The summed E-state index contributed by atoms with van der Waals surface area (Å²) in [6.07, 6.45) is 1.11. The summed E-state index contributed by atoms with van der Waals surface area (Å²) in [4.78, 5) is 4.46. The zero-order valence-corrected chi connectivity index (χ0v) is 14.1. The molecule has 0 aliphatic heterocycles. The summed E-state index contributed by atoms with van der Waals surface area (Å²) >= 11 is 12.6. The van der Waals surface area contributed by atoms with Gasteiger partial charge in [-0.2, -0.15) is 5.26 Å². The van der Waals surface area contributed by atoms with Crippen molar-refractivity contribution in [1.82, 2.24) is 4.98 Å². The Kier molecular flexibility index (Phi) is 4.44. The molecular weight excluding hydrogens is 353 g/mol. The first-order valence-corrected chi connectivity index (χ1v) is 8.65. The molecule has 0 aliphatic rings. The van der Waals surface area contributed by atoms with E-state index in [0.717, 1.165) is 16.6 Å². The molecule has 21 heavy (non-hydrogen) atoms. The third kappa shape index (κ3) is 3.14. The Morgan fingerprint density at radius 1 is 1.38 bits per heavy atom. The number of nitriles is 1. The van der Waals surface area contributed by atoms with Crippen molar-refractivity contribution in [1.29, 1.82) is 5.26 Å². The van der Waals surface area contributed by atoms with E-state index < -0.39 is 10.0 Å². The van der Waals surface area contributed by atoms with E-state index in [1.807, 2.05) is 13.0 Å². The number of pyridine rings is 1. The largest absolute Gasteiger partial charge is 0.269 e. The number of anilines is 1. The first-order chi connectivity index (χ1) is 9.76. The van der Waals surface area contributed by atoms with Gasteiger partial charge in [0.15, 0.2) is 0 Å². The van der Waals surface area contributed by atoms with Crippen LogP contribution in [0.2, 0.25) is 10.2 Å². The first kappa shape index (κ1) is 16.0. The molecule has 0 bridgehead atoms. The highest BCUT2D eigenvalue weighted by atomic mass is 35.5. The number of aryl methyl sites for hydroxylation is 1. The van der Waals surface area contributed by atoms with Gasteiger partial charge in [-0.05, 0) is 25.5 Å². The minimum Gasteiger partial charge on any atom is -0.269 e. The maximum Gasteiger partial charge on any atom is 0.264 e. The zero-order chi connectivity index (χ0) is 15.8. The Morgan fingerprint density at radius 2 is 2.05 bits per heavy atom. The molecule has 5 nitrogen and oxygen atoms in total. The number of sulfonamides is 1. The van der Waals surface area contributed by atoms with Crippen LogP contribution in [-0.4, -0.2) is 13.4 Å². The third-order valence-corrected chi connectivity index (χ3v) is 6.06. The van der Waals surface area contributed by atoms with E-state index in [1.165, 1.54) is 17.4 Å². The van der Waals surface area contributed by atoms with Gasteiger partial charge in [0.25, 0.3) is 10.0 Å². The lowest BCUT2D eigenvalue weighted by atomic mass is 10.2. The summed E-state index contributed by atoms with van der Waals surface area (Å²) in [6.45, 7) is 3.59. The number of rotatable bonds is 3. The lowest BCUT2D eigenvalue weighted by Crippen LogP contribution is -2.13. The second-order valence-electron chi connectivity index (χ2n) is 4.15. The average molecular weight is 362 g/mol. The number of aromatic nitrogens is 1. The molecular formula is C12H9Cl2N3O2S2. The van der Waals surface area contributed by atoms with Crippen LogP contribution in [0.1, 0.15) is 16.0 Å². The van der Waals surface area contributed by atoms with Gasteiger partial charge in [-0.1, -0.05) is 23.2 Å². The Labute approximate surface area is 136 Å². The number of thiophene rings is 1. The topological polar surface area (TPSA) is 82.8 Å². The van der Waals surface area contributed by atoms with Crippen LogP contribution in [-0.2, 0) is 10.0 Å². The molecule has 0 saturated heterocycles. The summed E-state index contributed by atoms with van der Waals surface area (Å²) < 4.78 is 27.0. The maximum absolute atomic E-state index is 12.3. The van der Waals surface area contributed by atoms with E-state index >= 15 is 0 Å². The SMILES string of the molecule is Cc1sc(NS(=O)(=O)c2cnc(Cl)c(Cl)c2)c(C#N)c1C. The van der Waals surface area contributed by atoms with Gasteiger partial charge in [-0.3, -0.25) is 4.72 Å². The van der Waals surface area contributed by atoms with E-state index in [1.54, 1.807) is 6.92 Å². The molecule has 2 aromatic rings. The number of nitrogens with zero attached hydrogens (tertiary/aromatic N) is 2. The standard InChI is InChI=1S/C12H9Cl2N3O2S2/c1-6-7(2)20-12(9(6)4-15)17-21(18,19)8-3-10(13)11(14)16-5-8/h3,5,17H,1-2H3. The molecule has 110 valence electrons. The van der Waals surface area contributed by atoms with Crippen LogP contribution >= 0.6 is 34.5 Å². The molecule has 9 heteroatoms. The lowest BCUT2D eigenvalue weighted by molar-refractivity contribution is 0.601. The van der Waals surface area contributed by atoms with Crippen LogP contribution in [0.25, 0.3) is 0 Å². The molecule has 0 unspecified atom stereocenters. The van der Waals surface area contributed by atoms with Crippen molar-refractivity contribution in [3.63, 3.8) is 0 Å². The van der Waals surface area contributed by atoms with E-state index in [4.69, 9.17) is 28.5 Å². The molecule has 0 aliphatic carbocycles. The predicted octanol–water partition coefficient (Wildman–Crippen LogP) is 3.74. The van der Waals surface area contributed by atoms with Crippen LogP contribution in [0.3, 0.4) is 0 Å². The molecule has 2 aromatic heterocycles. The highest BCUT2D eigenvalue weighted by Gasteiger charge is 2.21. The summed E-state index contributed by atoms with van der Waals surface area (Å²) in [5.41, 5.74) is 1.07. The summed E-state index contributed by atoms with van der Waals surface area (Å²) in [7, 11) is -3.88. The van der Waals surface area contributed by atoms with Gasteiger partial charge < -0.3 is 0 Å². The Balaban J connectivity index is 2.45. The summed E-state index contributed by atoms with van der Waals surface area (Å²) in [5.74, 6) is 0. The lowest BCUT2D eigenvalue weighted by Gasteiger charge is -2.07.